The third-order valence-electron chi connectivity index (χ3n) is 3.59. The number of carbonyl (C=O) groups is 2. The van der Waals surface area contributed by atoms with Crippen molar-refractivity contribution >= 4 is 17.6 Å². The Balaban J connectivity index is 2.21. The van der Waals surface area contributed by atoms with Crippen molar-refractivity contribution in [2.24, 2.45) is 0 Å². The second-order valence-electron chi connectivity index (χ2n) is 5.41. The van der Waals surface area contributed by atoms with Crippen LogP contribution in [-0.4, -0.2) is 23.4 Å². The van der Waals surface area contributed by atoms with Crippen LogP contribution < -0.4 is 15.2 Å². The van der Waals surface area contributed by atoms with Crippen molar-refractivity contribution < 1.29 is 24.4 Å². The number of hydrogen-bond donors (Lipinski definition) is 1. The van der Waals surface area contributed by atoms with E-state index in [0.29, 0.717) is 23.5 Å². The van der Waals surface area contributed by atoms with E-state index < -0.39 is 29.3 Å². The average molecular weight is 357 g/mol. The lowest BCUT2D eigenvalue weighted by Gasteiger charge is -2.20. The number of nitrogens with zero attached hydrogens (tertiary/aromatic N) is 1. The normalized spacial score (nSPS) is 11.4. The van der Waals surface area contributed by atoms with Gasteiger partial charge in [-0.05, 0) is 36.8 Å². The van der Waals surface area contributed by atoms with Crippen molar-refractivity contribution in [3.63, 3.8) is 0 Å². The summed E-state index contributed by atoms with van der Waals surface area (Å²) in [6, 6.07) is 10.8. The number of nitro benzene ring substituents is 1. The smallest absolute Gasteiger partial charge is 0.269 e. The third kappa shape index (κ3) is 5.04. The number of nitrogens with one attached hydrogen (secondary N) is 1. The number of benzene rings is 2. The highest BCUT2D eigenvalue weighted by molar-refractivity contribution is 5.94. The Morgan fingerprint density at radius 1 is 1.19 bits per heavy atom. The van der Waals surface area contributed by atoms with Gasteiger partial charge < -0.3 is 20.0 Å². The number of carboxylic acid groups (broad SMARTS) is 1. The van der Waals surface area contributed by atoms with Crippen LogP contribution in [0.1, 0.15) is 35.3 Å². The summed E-state index contributed by atoms with van der Waals surface area (Å²) in [4.78, 5) is 33.7. The van der Waals surface area contributed by atoms with Crippen LogP contribution >= 0.6 is 0 Å². The summed E-state index contributed by atoms with van der Waals surface area (Å²) in [5.74, 6) is -1.28. The molecule has 0 fully saturated rings. The van der Waals surface area contributed by atoms with Crippen LogP contribution in [0.15, 0.2) is 48.5 Å². The van der Waals surface area contributed by atoms with E-state index >= 15 is 0 Å². The SMILES string of the molecule is CCOc1ccc(C(=O)N[C@@H](CC(=O)[O-])c2cccc([N+](=O)[O-])c2)cc1. The van der Waals surface area contributed by atoms with E-state index in [0.717, 1.165) is 0 Å². The molecule has 0 bridgehead atoms. The number of carbonyl (C=O) groups excluding carboxylic acids is 2. The van der Waals surface area contributed by atoms with Gasteiger partial charge in [-0.25, -0.2) is 0 Å². The highest BCUT2D eigenvalue weighted by Gasteiger charge is 2.18. The molecule has 1 N–H and O–H groups in total. The van der Waals surface area contributed by atoms with Crippen molar-refractivity contribution in [1.82, 2.24) is 5.32 Å². The van der Waals surface area contributed by atoms with Gasteiger partial charge in [0.1, 0.15) is 5.75 Å². The van der Waals surface area contributed by atoms with Crippen molar-refractivity contribution in [3.05, 3.63) is 69.8 Å². The fraction of sp³-hybridized carbons (Fsp3) is 0.222. The fourth-order valence-corrected chi connectivity index (χ4v) is 2.38. The topological polar surface area (TPSA) is 122 Å². The third-order valence-corrected chi connectivity index (χ3v) is 3.59. The molecule has 0 saturated carbocycles. The molecule has 0 heterocycles. The Bertz CT molecular complexity index is 804. The van der Waals surface area contributed by atoms with Crippen molar-refractivity contribution in [1.29, 1.82) is 0 Å². The molecule has 0 saturated heterocycles. The van der Waals surface area contributed by atoms with E-state index in [1.54, 1.807) is 24.3 Å². The summed E-state index contributed by atoms with van der Waals surface area (Å²) in [5, 5.41) is 24.5. The first kappa shape index (κ1) is 18.9. The van der Waals surface area contributed by atoms with Crippen LogP contribution in [0.25, 0.3) is 0 Å². The molecular weight excluding hydrogens is 340 g/mol. The predicted molar refractivity (Wildman–Crippen MR) is 90.5 cm³/mol. The zero-order valence-electron chi connectivity index (χ0n) is 14.0. The number of rotatable bonds is 8. The summed E-state index contributed by atoms with van der Waals surface area (Å²) >= 11 is 0. The molecule has 1 atom stereocenters. The summed E-state index contributed by atoms with van der Waals surface area (Å²) in [6.07, 6.45) is -0.510. The Hall–Kier alpha value is -3.42. The van der Waals surface area contributed by atoms with Gasteiger partial charge in [-0.1, -0.05) is 12.1 Å². The van der Waals surface area contributed by atoms with E-state index in [1.807, 2.05) is 6.92 Å². The first-order chi connectivity index (χ1) is 12.4. The van der Waals surface area contributed by atoms with Crippen LogP contribution in [-0.2, 0) is 4.79 Å². The van der Waals surface area contributed by atoms with Crippen LogP contribution in [0.3, 0.4) is 0 Å². The monoisotopic (exact) mass is 357 g/mol. The van der Waals surface area contributed by atoms with Gasteiger partial charge in [-0.15, -0.1) is 0 Å². The zero-order chi connectivity index (χ0) is 19.1. The van der Waals surface area contributed by atoms with Gasteiger partial charge in [0, 0.05) is 30.1 Å². The summed E-state index contributed by atoms with van der Waals surface area (Å²) < 4.78 is 5.30. The molecule has 2 aromatic rings. The molecule has 1 amide bonds. The molecule has 0 aromatic heterocycles. The van der Waals surface area contributed by atoms with Crippen molar-refractivity contribution in [2.75, 3.05) is 6.61 Å². The quantitative estimate of drug-likeness (QED) is 0.566. The lowest BCUT2D eigenvalue weighted by atomic mass is 10.0. The van der Waals surface area contributed by atoms with Gasteiger partial charge in [0.2, 0.25) is 0 Å². The minimum atomic E-state index is -1.38. The van der Waals surface area contributed by atoms with Gasteiger partial charge >= 0.3 is 0 Å². The van der Waals surface area contributed by atoms with E-state index in [1.165, 1.54) is 24.3 Å². The number of aliphatic carboxylic acids is 1. The molecule has 0 aliphatic heterocycles. The minimum absolute atomic E-state index is 0.193. The summed E-state index contributed by atoms with van der Waals surface area (Å²) in [5.41, 5.74) is 0.422. The molecule has 0 spiro atoms. The lowest BCUT2D eigenvalue weighted by molar-refractivity contribution is -0.385. The maximum atomic E-state index is 12.4. The number of ether oxygens (including phenoxy) is 1. The Morgan fingerprint density at radius 3 is 2.46 bits per heavy atom. The first-order valence-corrected chi connectivity index (χ1v) is 7.88. The maximum Gasteiger partial charge on any atom is 0.269 e. The van der Waals surface area contributed by atoms with E-state index in [9.17, 15) is 24.8 Å². The van der Waals surface area contributed by atoms with Gasteiger partial charge in [-0.3, -0.25) is 14.9 Å². The van der Waals surface area contributed by atoms with Gasteiger partial charge in [0.25, 0.3) is 11.6 Å². The summed E-state index contributed by atoms with van der Waals surface area (Å²) in [7, 11) is 0. The zero-order valence-corrected chi connectivity index (χ0v) is 14.0. The highest BCUT2D eigenvalue weighted by atomic mass is 16.6. The van der Waals surface area contributed by atoms with Crippen LogP contribution in [0, 0.1) is 10.1 Å². The molecule has 0 aliphatic carbocycles. The van der Waals surface area contributed by atoms with Gasteiger partial charge in [0.15, 0.2) is 0 Å². The van der Waals surface area contributed by atoms with Crippen molar-refractivity contribution in [2.45, 2.75) is 19.4 Å². The molecule has 2 rings (SSSR count). The van der Waals surface area contributed by atoms with Crippen LogP contribution in [0.2, 0.25) is 0 Å². The van der Waals surface area contributed by atoms with E-state index in [-0.39, 0.29) is 5.69 Å². The standard InChI is InChI=1S/C18H18N2O6/c1-2-26-15-8-6-12(7-9-15)18(23)19-16(11-17(21)22)13-4-3-5-14(10-13)20(24)25/h3-10,16H,2,11H2,1H3,(H,19,23)(H,21,22)/p-1/t16-/m0/s1. The number of amides is 1. The van der Waals surface area contributed by atoms with E-state index in [2.05, 4.69) is 5.32 Å². The number of non-ortho nitro benzene ring substituents is 1. The molecule has 0 unspecified atom stereocenters. The van der Waals surface area contributed by atoms with Crippen LogP contribution in [0.4, 0.5) is 5.69 Å². The first-order valence-electron chi connectivity index (χ1n) is 7.88. The molecule has 8 heteroatoms. The largest absolute Gasteiger partial charge is 0.550 e. The second kappa shape index (κ2) is 8.61. The maximum absolute atomic E-state index is 12.4. The predicted octanol–water partition coefficient (Wildman–Crippen LogP) is 1.60. The van der Waals surface area contributed by atoms with Gasteiger partial charge in [-0.2, -0.15) is 0 Å². The Morgan fingerprint density at radius 2 is 1.88 bits per heavy atom. The minimum Gasteiger partial charge on any atom is -0.550 e. The lowest BCUT2D eigenvalue weighted by Crippen LogP contribution is -2.34. The van der Waals surface area contributed by atoms with E-state index in [4.69, 9.17) is 4.74 Å². The second-order valence-corrected chi connectivity index (χ2v) is 5.41. The average Bonchev–Trinajstić information content (AvgIpc) is 2.61. The fourth-order valence-electron chi connectivity index (χ4n) is 2.38. The molecular formula is C18H17N2O6-. The molecule has 0 radical (unpaired) electrons. The summed E-state index contributed by atoms with van der Waals surface area (Å²) in [6.45, 7) is 2.33. The Kier molecular flexibility index (Phi) is 6.26. The molecule has 136 valence electrons. The Labute approximate surface area is 149 Å². The van der Waals surface area contributed by atoms with Crippen molar-refractivity contribution in [3.8, 4) is 5.75 Å². The highest BCUT2D eigenvalue weighted by Crippen LogP contribution is 2.22. The van der Waals surface area contributed by atoms with Crippen LogP contribution in [0.5, 0.6) is 5.75 Å². The molecule has 2 aromatic carbocycles. The van der Waals surface area contributed by atoms with Gasteiger partial charge in [0.05, 0.1) is 17.6 Å². The number of nitro groups is 1. The number of carboxylic acids is 1. The molecule has 8 nitrogen and oxygen atoms in total. The number of hydrogen-bond acceptors (Lipinski definition) is 6. The molecule has 0 aliphatic rings. The molecule has 26 heavy (non-hydrogen) atoms.